The van der Waals surface area contributed by atoms with Crippen LogP contribution in [-0.4, -0.2) is 17.6 Å². The molecule has 1 rings (SSSR count). The number of hydrogen-bond donors (Lipinski definition) is 1. The number of hydrogen-bond acceptors (Lipinski definition) is 2. The highest BCUT2D eigenvalue weighted by Crippen LogP contribution is 2.08. The van der Waals surface area contributed by atoms with Crippen molar-refractivity contribution in [3.8, 4) is 0 Å². The molecular weight excluding hydrogens is 179 g/mol. The Morgan fingerprint density at radius 2 is 2.36 bits per heavy atom. The van der Waals surface area contributed by atoms with E-state index >= 15 is 0 Å². The first-order chi connectivity index (χ1) is 6.74. The van der Waals surface area contributed by atoms with Gasteiger partial charge in [-0.2, -0.15) is 0 Å². The maximum absolute atomic E-state index is 13.1. The largest absolute Gasteiger partial charge is 0.315 e. The lowest BCUT2D eigenvalue weighted by molar-refractivity contribution is 0.519. The average molecular weight is 196 g/mol. The summed E-state index contributed by atoms with van der Waals surface area (Å²) in [6.07, 6.45) is 4.63. The van der Waals surface area contributed by atoms with Gasteiger partial charge in [0.1, 0.15) is 5.82 Å². The van der Waals surface area contributed by atoms with E-state index < -0.39 is 0 Å². The third kappa shape index (κ3) is 3.42. The lowest BCUT2D eigenvalue weighted by Crippen LogP contribution is -2.26. The molecule has 1 N–H and O–H groups in total. The van der Waals surface area contributed by atoms with Crippen LogP contribution < -0.4 is 5.32 Å². The lowest BCUT2D eigenvalue weighted by atomic mass is 10.1. The molecule has 78 valence electrons. The van der Waals surface area contributed by atoms with Crippen LogP contribution in [0.5, 0.6) is 0 Å². The van der Waals surface area contributed by atoms with Gasteiger partial charge in [0.15, 0.2) is 0 Å². The molecule has 1 unspecified atom stereocenters. The third-order valence-electron chi connectivity index (χ3n) is 2.26. The van der Waals surface area contributed by atoms with Crippen LogP contribution in [-0.2, 0) is 6.42 Å². The highest BCUT2D eigenvalue weighted by molar-refractivity contribution is 5.12. The Kier molecular flexibility index (Phi) is 4.53. The van der Waals surface area contributed by atoms with Crippen molar-refractivity contribution < 1.29 is 4.39 Å². The van der Waals surface area contributed by atoms with Gasteiger partial charge < -0.3 is 5.32 Å². The van der Waals surface area contributed by atoms with Gasteiger partial charge in [-0.05, 0) is 37.9 Å². The fraction of sp³-hybridized carbons (Fsp3) is 0.545. The number of aryl methyl sites for hydroxylation is 1. The summed E-state index contributed by atoms with van der Waals surface area (Å²) < 4.78 is 13.1. The fourth-order valence-corrected chi connectivity index (χ4v) is 1.43. The van der Waals surface area contributed by atoms with Gasteiger partial charge in [-0.15, -0.1) is 0 Å². The van der Waals surface area contributed by atoms with Gasteiger partial charge in [-0.25, -0.2) is 4.39 Å². The molecule has 0 aliphatic heterocycles. The normalized spacial score (nSPS) is 12.8. The van der Waals surface area contributed by atoms with E-state index in [-0.39, 0.29) is 5.82 Å². The fourth-order valence-electron chi connectivity index (χ4n) is 1.43. The molecule has 1 aromatic rings. The summed E-state index contributed by atoms with van der Waals surface area (Å²) >= 11 is 0. The Bertz CT molecular complexity index is 276. The van der Waals surface area contributed by atoms with Gasteiger partial charge in [0, 0.05) is 12.2 Å². The number of rotatable bonds is 5. The minimum absolute atomic E-state index is 0.198. The molecule has 0 fully saturated rings. The van der Waals surface area contributed by atoms with Crippen LogP contribution >= 0.6 is 0 Å². The van der Waals surface area contributed by atoms with E-state index in [1.54, 1.807) is 12.3 Å². The van der Waals surface area contributed by atoms with E-state index in [1.165, 1.54) is 6.20 Å². The van der Waals surface area contributed by atoms with Crippen LogP contribution in [0.15, 0.2) is 18.5 Å². The molecule has 0 saturated carbocycles. The monoisotopic (exact) mass is 196 g/mol. The predicted molar refractivity (Wildman–Crippen MR) is 55.7 cm³/mol. The summed E-state index contributed by atoms with van der Waals surface area (Å²) in [5.41, 5.74) is 0.754. The lowest BCUT2D eigenvalue weighted by Gasteiger charge is -2.11. The molecule has 0 aromatic carbocycles. The zero-order chi connectivity index (χ0) is 10.4. The maximum Gasteiger partial charge on any atom is 0.144 e. The summed E-state index contributed by atoms with van der Waals surface area (Å²) in [6, 6.07) is 2.18. The van der Waals surface area contributed by atoms with Gasteiger partial charge >= 0.3 is 0 Å². The summed E-state index contributed by atoms with van der Waals surface area (Å²) in [6.45, 7) is 5.14. The molecule has 0 aliphatic carbocycles. The topological polar surface area (TPSA) is 24.9 Å². The molecule has 0 saturated heterocycles. The molecule has 1 atom stereocenters. The maximum atomic E-state index is 13.1. The summed E-state index contributed by atoms with van der Waals surface area (Å²) in [5.74, 6) is -0.198. The van der Waals surface area contributed by atoms with Crippen LogP contribution in [0.3, 0.4) is 0 Å². The van der Waals surface area contributed by atoms with E-state index in [4.69, 9.17) is 0 Å². The molecule has 14 heavy (non-hydrogen) atoms. The van der Waals surface area contributed by atoms with Gasteiger partial charge in [0.25, 0.3) is 0 Å². The molecule has 0 spiro atoms. The van der Waals surface area contributed by atoms with Crippen LogP contribution in [0.1, 0.15) is 25.8 Å². The number of pyridine rings is 1. The van der Waals surface area contributed by atoms with Gasteiger partial charge in [-0.3, -0.25) is 4.98 Å². The Hall–Kier alpha value is -0.960. The SMILES string of the molecule is CCNC(C)CCc1ccncc1F. The molecule has 0 bridgehead atoms. The van der Waals surface area contributed by atoms with Crippen molar-refractivity contribution in [2.45, 2.75) is 32.7 Å². The van der Waals surface area contributed by atoms with Crippen LogP contribution in [0.2, 0.25) is 0 Å². The van der Waals surface area contributed by atoms with Crippen molar-refractivity contribution in [1.29, 1.82) is 0 Å². The van der Waals surface area contributed by atoms with E-state index in [0.717, 1.165) is 24.9 Å². The summed E-state index contributed by atoms with van der Waals surface area (Å²) in [4.78, 5) is 3.72. The van der Waals surface area contributed by atoms with Gasteiger partial charge in [-0.1, -0.05) is 6.92 Å². The second-order valence-corrected chi connectivity index (χ2v) is 3.46. The first-order valence-corrected chi connectivity index (χ1v) is 5.05. The Morgan fingerprint density at radius 3 is 3.00 bits per heavy atom. The first-order valence-electron chi connectivity index (χ1n) is 5.05. The van der Waals surface area contributed by atoms with Gasteiger partial charge in [0.2, 0.25) is 0 Å². The van der Waals surface area contributed by atoms with Crippen molar-refractivity contribution in [3.63, 3.8) is 0 Å². The number of nitrogens with zero attached hydrogens (tertiary/aromatic N) is 1. The van der Waals surface area contributed by atoms with E-state index in [1.807, 2.05) is 0 Å². The van der Waals surface area contributed by atoms with Crippen molar-refractivity contribution in [2.24, 2.45) is 0 Å². The molecule has 2 nitrogen and oxygen atoms in total. The summed E-state index contributed by atoms with van der Waals surface area (Å²) in [5, 5.41) is 3.30. The predicted octanol–water partition coefficient (Wildman–Crippen LogP) is 2.15. The van der Waals surface area contributed by atoms with Crippen LogP contribution in [0, 0.1) is 5.82 Å². The molecule has 1 heterocycles. The standard InChI is InChI=1S/C11H17FN2/c1-3-14-9(2)4-5-10-6-7-13-8-11(10)12/h6-9,14H,3-5H2,1-2H3. The van der Waals surface area contributed by atoms with Crippen LogP contribution in [0.25, 0.3) is 0 Å². The van der Waals surface area contributed by atoms with Crippen molar-refractivity contribution in [3.05, 3.63) is 29.8 Å². The average Bonchev–Trinajstić information content (AvgIpc) is 2.17. The smallest absolute Gasteiger partial charge is 0.144 e. The molecule has 0 radical (unpaired) electrons. The number of aromatic nitrogens is 1. The number of halogens is 1. The minimum Gasteiger partial charge on any atom is -0.315 e. The van der Waals surface area contributed by atoms with E-state index in [9.17, 15) is 4.39 Å². The van der Waals surface area contributed by atoms with E-state index in [0.29, 0.717) is 6.04 Å². The van der Waals surface area contributed by atoms with Crippen molar-refractivity contribution in [2.75, 3.05) is 6.54 Å². The Morgan fingerprint density at radius 1 is 1.57 bits per heavy atom. The zero-order valence-corrected chi connectivity index (χ0v) is 8.76. The third-order valence-corrected chi connectivity index (χ3v) is 2.26. The minimum atomic E-state index is -0.198. The zero-order valence-electron chi connectivity index (χ0n) is 8.76. The molecule has 0 aliphatic rings. The second-order valence-electron chi connectivity index (χ2n) is 3.46. The molecule has 3 heteroatoms. The highest BCUT2D eigenvalue weighted by Gasteiger charge is 2.04. The molecule has 0 amide bonds. The van der Waals surface area contributed by atoms with Crippen LogP contribution in [0.4, 0.5) is 4.39 Å². The highest BCUT2D eigenvalue weighted by atomic mass is 19.1. The molecule has 1 aromatic heterocycles. The Labute approximate surface area is 84.6 Å². The van der Waals surface area contributed by atoms with Crippen molar-refractivity contribution in [1.82, 2.24) is 10.3 Å². The quantitative estimate of drug-likeness (QED) is 0.780. The van der Waals surface area contributed by atoms with Gasteiger partial charge in [0.05, 0.1) is 6.20 Å². The Balaban J connectivity index is 2.41. The molecular formula is C11H17FN2. The second kappa shape index (κ2) is 5.70. The summed E-state index contributed by atoms with van der Waals surface area (Å²) in [7, 11) is 0. The van der Waals surface area contributed by atoms with Crippen molar-refractivity contribution >= 4 is 0 Å². The van der Waals surface area contributed by atoms with E-state index in [2.05, 4.69) is 24.1 Å². The number of nitrogens with one attached hydrogen (secondary N) is 1. The first kappa shape index (κ1) is 11.1.